The van der Waals surface area contributed by atoms with Gasteiger partial charge in [0.05, 0.1) is 0 Å². The zero-order valence-corrected chi connectivity index (χ0v) is 22.0. The van der Waals surface area contributed by atoms with Crippen LogP contribution in [0.5, 0.6) is 0 Å². The molecule has 0 bridgehead atoms. The van der Waals surface area contributed by atoms with Crippen molar-refractivity contribution in [3.05, 3.63) is 113 Å². The number of methoxy groups -OCH3 is 1. The number of likely N-dealkylation sites (tertiary alicyclic amines) is 1. The van der Waals surface area contributed by atoms with E-state index in [1.54, 1.807) is 7.11 Å². The third-order valence-electron chi connectivity index (χ3n) is 6.50. The van der Waals surface area contributed by atoms with Gasteiger partial charge in [-0.3, -0.25) is 0 Å². The molecule has 1 aliphatic rings. The minimum atomic E-state index is 0.788. The second kappa shape index (κ2) is 13.7. The number of rotatable bonds is 8. The van der Waals surface area contributed by atoms with E-state index in [1.807, 2.05) is 6.20 Å². The Hall–Kier alpha value is -3.10. The highest BCUT2D eigenvalue weighted by Gasteiger charge is 2.14. The first-order valence-corrected chi connectivity index (χ1v) is 12.8. The van der Waals surface area contributed by atoms with Gasteiger partial charge >= 0.3 is 0 Å². The van der Waals surface area contributed by atoms with E-state index in [1.165, 1.54) is 70.4 Å². The normalized spacial score (nSPS) is 13.4. The molecule has 3 aromatic rings. The summed E-state index contributed by atoms with van der Waals surface area (Å²) >= 11 is 0. The van der Waals surface area contributed by atoms with Gasteiger partial charge in [-0.05, 0) is 86.0 Å². The van der Waals surface area contributed by atoms with Gasteiger partial charge in [0.25, 0.3) is 0 Å². The predicted molar refractivity (Wildman–Crippen MR) is 152 cm³/mol. The molecule has 3 aromatic carbocycles. The quantitative estimate of drug-likeness (QED) is 0.309. The van der Waals surface area contributed by atoms with Crippen LogP contribution in [-0.2, 0) is 4.74 Å². The van der Waals surface area contributed by atoms with E-state index in [9.17, 15) is 0 Å². The van der Waals surface area contributed by atoms with Crippen molar-refractivity contribution < 1.29 is 4.74 Å². The summed E-state index contributed by atoms with van der Waals surface area (Å²) in [7, 11) is 1.77. The Bertz CT molecular complexity index is 1120. The Balaban J connectivity index is 0.000000420. The Morgan fingerprint density at radius 1 is 0.914 bits per heavy atom. The van der Waals surface area contributed by atoms with Gasteiger partial charge in [0.2, 0.25) is 0 Å². The molecule has 1 saturated heterocycles. The third kappa shape index (κ3) is 7.70. The number of aryl methyl sites for hydroxylation is 3. The van der Waals surface area contributed by atoms with E-state index in [0.717, 1.165) is 19.4 Å². The molecule has 184 valence electrons. The highest BCUT2D eigenvalue weighted by atomic mass is 16.5. The summed E-state index contributed by atoms with van der Waals surface area (Å²) in [6, 6.07) is 24.3. The van der Waals surface area contributed by atoms with Crippen molar-refractivity contribution in [1.29, 1.82) is 0 Å². The van der Waals surface area contributed by atoms with Crippen LogP contribution in [0.3, 0.4) is 0 Å². The molecule has 0 N–H and O–H groups in total. The second-order valence-corrected chi connectivity index (χ2v) is 9.41. The van der Waals surface area contributed by atoms with Crippen molar-refractivity contribution in [2.24, 2.45) is 0 Å². The molecule has 0 radical (unpaired) electrons. The summed E-state index contributed by atoms with van der Waals surface area (Å²) in [6.07, 6.45) is 9.03. The Labute approximate surface area is 213 Å². The number of nitrogens with zero attached hydrogens (tertiary/aromatic N) is 1. The molecule has 35 heavy (non-hydrogen) atoms. The summed E-state index contributed by atoms with van der Waals surface area (Å²) in [5, 5.41) is 0. The van der Waals surface area contributed by atoms with Crippen LogP contribution in [0, 0.1) is 20.8 Å². The monoisotopic (exact) mass is 467 g/mol. The van der Waals surface area contributed by atoms with Gasteiger partial charge in [-0.25, -0.2) is 0 Å². The van der Waals surface area contributed by atoms with Gasteiger partial charge in [-0.2, -0.15) is 0 Å². The topological polar surface area (TPSA) is 12.5 Å². The van der Waals surface area contributed by atoms with Gasteiger partial charge in [-0.1, -0.05) is 90.5 Å². The first-order valence-electron chi connectivity index (χ1n) is 12.8. The number of hydrogen-bond donors (Lipinski definition) is 0. The zero-order chi connectivity index (χ0) is 25.0. The van der Waals surface area contributed by atoms with E-state index in [-0.39, 0.29) is 0 Å². The Kier molecular flexibility index (Phi) is 10.4. The average Bonchev–Trinajstić information content (AvgIpc) is 3.39. The molecule has 0 atom stereocenters. The molecule has 0 saturated carbocycles. The van der Waals surface area contributed by atoms with Crippen molar-refractivity contribution in [3.8, 4) is 11.1 Å². The van der Waals surface area contributed by atoms with Crippen LogP contribution in [0.1, 0.15) is 53.5 Å². The van der Waals surface area contributed by atoms with Crippen molar-refractivity contribution in [1.82, 2.24) is 4.90 Å². The Morgan fingerprint density at radius 3 is 2.23 bits per heavy atom. The van der Waals surface area contributed by atoms with Crippen LogP contribution < -0.4 is 0 Å². The van der Waals surface area contributed by atoms with E-state index in [4.69, 9.17) is 4.74 Å². The van der Waals surface area contributed by atoms with Crippen LogP contribution >= 0.6 is 0 Å². The molecule has 4 rings (SSSR count). The second-order valence-electron chi connectivity index (χ2n) is 9.41. The predicted octanol–water partition coefficient (Wildman–Crippen LogP) is 8.36. The van der Waals surface area contributed by atoms with E-state index < -0.39 is 0 Å². The maximum Gasteiger partial charge on any atom is 0.0465 e. The van der Waals surface area contributed by atoms with Crippen LogP contribution in [0.4, 0.5) is 0 Å². The van der Waals surface area contributed by atoms with Crippen LogP contribution in [0.2, 0.25) is 0 Å². The van der Waals surface area contributed by atoms with Gasteiger partial charge in [0.1, 0.15) is 0 Å². The largest absolute Gasteiger partial charge is 0.385 e. The molecule has 1 aliphatic heterocycles. The summed E-state index contributed by atoms with van der Waals surface area (Å²) in [6.45, 7) is 13.4. The summed E-state index contributed by atoms with van der Waals surface area (Å²) in [5.41, 5.74) is 10.4. The van der Waals surface area contributed by atoms with E-state index in [2.05, 4.69) is 105 Å². The minimum absolute atomic E-state index is 0.788. The van der Waals surface area contributed by atoms with E-state index in [0.29, 0.717) is 0 Å². The lowest BCUT2D eigenvalue weighted by Gasteiger charge is -2.18. The van der Waals surface area contributed by atoms with Crippen LogP contribution in [-0.4, -0.2) is 31.7 Å². The zero-order valence-electron chi connectivity index (χ0n) is 22.0. The SMILES string of the molecule is C=CN1CCCC1.COCCC/C=C(/c1cccc(C)c1)c1cccc(C)c1-c1cccc(C)c1. The smallest absolute Gasteiger partial charge is 0.0465 e. The maximum absolute atomic E-state index is 5.25. The summed E-state index contributed by atoms with van der Waals surface area (Å²) < 4.78 is 5.25. The Morgan fingerprint density at radius 2 is 1.60 bits per heavy atom. The minimum Gasteiger partial charge on any atom is -0.385 e. The number of unbranched alkanes of at least 4 members (excludes halogenated alkanes) is 1. The molecule has 2 heteroatoms. The fourth-order valence-electron chi connectivity index (χ4n) is 4.67. The third-order valence-corrected chi connectivity index (χ3v) is 6.50. The van der Waals surface area contributed by atoms with Crippen molar-refractivity contribution >= 4 is 5.57 Å². The average molecular weight is 468 g/mol. The van der Waals surface area contributed by atoms with Crippen LogP contribution in [0.15, 0.2) is 85.6 Å². The van der Waals surface area contributed by atoms with Gasteiger partial charge in [0, 0.05) is 26.8 Å². The fourth-order valence-corrected chi connectivity index (χ4v) is 4.67. The standard InChI is InChI=1S/C27H30O.C6H11N/c1-20-10-7-13-23(18-20)25(15-5-6-17-28-4)26-16-9-12-22(3)27(26)24-14-8-11-21(2)19-24;1-2-7-5-3-4-6-7/h7-16,18-19H,5-6,17H2,1-4H3;2H,1,3-6H2/b25-15-;. The van der Waals surface area contributed by atoms with Crippen LogP contribution in [0.25, 0.3) is 16.7 Å². The molecule has 1 heterocycles. The molecule has 0 aliphatic carbocycles. The fraction of sp³-hybridized carbons (Fsp3) is 0.333. The van der Waals surface area contributed by atoms with Crippen molar-refractivity contribution in [2.45, 2.75) is 46.5 Å². The highest BCUT2D eigenvalue weighted by Crippen LogP contribution is 2.36. The molecule has 0 amide bonds. The van der Waals surface area contributed by atoms with Gasteiger partial charge in [0.15, 0.2) is 0 Å². The number of ether oxygens (including phenoxy) is 1. The summed E-state index contributed by atoms with van der Waals surface area (Å²) in [4.78, 5) is 2.25. The molecule has 2 nitrogen and oxygen atoms in total. The lowest BCUT2D eigenvalue weighted by Crippen LogP contribution is -2.08. The van der Waals surface area contributed by atoms with Gasteiger partial charge < -0.3 is 9.64 Å². The molecular weight excluding hydrogens is 426 g/mol. The first kappa shape index (κ1) is 26.5. The highest BCUT2D eigenvalue weighted by molar-refractivity contribution is 5.90. The van der Waals surface area contributed by atoms with Gasteiger partial charge in [-0.15, -0.1) is 0 Å². The van der Waals surface area contributed by atoms with Crippen molar-refractivity contribution in [2.75, 3.05) is 26.8 Å². The first-order chi connectivity index (χ1) is 17.0. The van der Waals surface area contributed by atoms with Crippen molar-refractivity contribution in [3.63, 3.8) is 0 Å². The number of benzene rings is 3. The molecule has 0 unspecified atom stereocenters. The lowest BCUT2D eigenvalue weighted by molar-refractivity contribution is 0.196. The maximum atomic E-state index is 5.25. The van der Waals surface area contributed by atoms with E-state index >= 15 is 0 Å². The lowest BCUT2D eigenvalue weighted by atomic mass is 9.86. The number of hydrogen-bond acceptors (Lipinski definition) is 2. The molecule has 1 fully saturated rings. The molecule has 0 spiro atoms. The molecular formula is C33H41NO. The summed E-state index contributed by atoms with van der Waals surface area (Å²) in [5.74, 6) is 0. The number of allylic oxidation sites excluding steroid dienone is 1. The molecule has 0 aromatic heterocycles.